The van der Waals surface area contributed by atoms with E-state index in [9.17, 15) is 48.5 Å². The number of esters is 4. The summed E-state index contributed by atoms with van der Waals surface area (Å²) < 4.78 is 56.4. The van der Waals surface area contributed by atoms with Crippen LogP contribution in [0, 0.1) is 5.41 Å². The van der Waals surface area contributed by atoms with Crippen molar-refractivity contribution in [1.82, 2.24) is 10.6 Å². The van der Waals surface area contributed by atoms with Crippen molar-refractivity contribution in [2.24, 2.45) is 5.41 Å². The Labute approximate surface area is 715 Å². The highest BCUT2D eigenvalue weighted by atomic mass is 31.2. The molecule has 0 aliphatic carbocycles. The summed E-state index contributed by atoms with van der Waals surface area (Å²) in [6, 6.07) is -1.65. The van der Waals surface area contributed by atoms with Crippen LogP contribution in [0.4, 0.5) is 0 Å². The number of hydrogen-bond donors (Lipinski definition) is 6. The highest BCUT2D eigenvalue weighted by molar-refractivity contribution is 7.46. The molecule has 6 N–H and O–H groups in total. The molecule has 1 aliphatic heterocycles. The number of carbonyl (C=O) groups excluding carboxylic acids is 6. The Morgan fingerprint density at radius 2 is 0.650 bits per heavy atom. The van der Waals surface area contributed by atoms with Gasteiger partial charge in [0.1, 0.15) is 36.6 Å². The van der Waals surface area contributed by atoms with Crippen LogP contribution < -0.4 is 10.6 Å². The Hall–Kier alpha value is -3.23. The first-order chi connectivity index (χ1) is 56.9. The highest BCUT2D eigenvalue weighted by Crippen LogP contribution is 2.43. The Kier molecular flexibility index (Phi) is 75.2. The number of aliphatic hydroxyl groups is 2. The van der Waals surface area contributed by atoms with Gasteiger partial charge < -0.3 is 59.1 Å². The van der Waals surface area contributed by atoms with E-state index in [0.717, 1.165) is 167 Å². The molecule has 20 nitrogen and oxygen atoms in total. The molecule has 21 heteroatoms. The molecule has 0 saturated carbocycles. The van der Waals surface area contributed by atoms with Crippen LogP contribution in [0.25, 0.3) is 0 Å². The van der Waals surface area contributed by atoms with E-state index in [1.54, 1.807) is 0 Å². The van der Waals surface area contributed by atoms with E-state index < -0.39 is 112 Å². The molecule has 690 valence electrons. The molecule has 1 heterocycles. The summed E-state index contributed by atoms with van der Waals surface area (Å²) in [6.07, 6.45) is 57.2. The van der Waals surface area contributed by atoms with Gasteiger partial charge in [-0.25, -0.2) is 4.57 Å². The third kappa shape index (κ3) is 65.1. The number of hydrogen-bond acceptors (Lipinski definition) is 16. The van der Waals surface area contributed by atoms with Gasteiger partial charge in [-0.3, -0.25) is 33.3 Å². The average Bonchev–Trinajstić information content (AvgIpc) is 0.777. The molecule has 3 unspecified atom stereocenters. The molecule has 1 saturated heterocycles. The molecular weight excluding hydrogens is 1500 g/mol. The maximum Gasteiger partial charge on any atom is 0.470 e. The number of rotatable bonds is 87. The van der Waals surface area contributed by atoms with Gasteiger partial charge in [-0.1, -0.05) is 395 Å². The molecular formula is C96H183N2O18P. The Bertz CT molecular complexity index is 2380. The van der Waals surface area contributed by atoms with Crippen LogP contribution in [0.15, 0.2) is 0 Å². The standard InChI is InChI=1S/C96H183N2O18P/c1-8-15-21-27-33-39-42-48-54-60-66-72-88(103)111-82(69-63-57-51-45-36-30-24-18-11-4)75-86(101)97-79-96(14-7,80-100)81-110-95-92(98-87(102)76-83(70-64-58-52-46-37-31-25-19-12-5)112-89(104)73-67-61-55-49-43-40-34-28-22-16-9-2)94(93(85(78-99)114-95)116-117(107,108)109)115-91(106)77-84(71-65-59-53-47-38-32-26-20-13-6)113-90(105)74-68-62-56-50-44-41-35-29-23-17-10-3/h82-85,92-95,99-100H,8-81H2,1-7H3,(H,97,101)(H,98,102)(H2,107,108,109)/t82-,83-,84-,85?,92+,93-,94-,95?,96?/m1/s1. The van der Waals surface area contributed by atoms with Gasteiger partial charge in [-0.2, -0.15) is 0 Å². The van der Waals surface area contributed by atoms with Gasteiger partial charge in [0, 0.05) is 31.2 Å². The van der Waals surface area contributed by atoms with Crippen LogP contribution in [-0.4, -0.2) is 131 Å². The maximum absolute atomic E-state index is 15.1. The molecule has 1 rings (SSSR count). The lowest BCUT2D eigenvalue weighted by molar-refractivity contribution is -0.278. The minimum absolute atomic E-state index is 0.105. The van der Waals surface area contributed by atoms with Crippen LogP contribution in [-0.2, 0) is 66.3 Å². The van der Waals surface area contributed by atoms with E-state index in [4.69, 9.17) is 32.9 Å². The van der Waals surface area contributed by atoms with Gasteiger partial charge >= 0.3 is 31.7 Å². The van der Waals surface area contributed by atoms with Gasteiger partial charge in [0.2, 0.25) is 11.8 Å². The number of phosphoric ester groups is 1. The van der Waals surface area contributed by atoms with Gasteiger partial charge in [-0.05, 0) is 64.2 Å². The Balaban J connectivity index is 3.84. The molecule has 0 aromatic rings. The van der Waals surface area contributed by atoms with E-state index >= 15 is 4.79 Å². The first-order valence-electron chi connectivity index (χ1n) is 49.4. The van der Waals surface area contributed by atoms with Crippen molar-refractivity contribution in [1.29, 1.82) is 0 Å². The van der Waals surface area contributed by atoms with Crippen molar-refractivity contribution in [2.45, 2.75) is 547 Å². The highest BCUT2D eigenvalue weighted by Gasteiger charge is 2.53. The maximum atomic E-state index is 15.1. The fraction of sp³-hybridized carbons (Fsp3) is 0.938. The molecule has 0 spiro atoms. The van der Waals surface area contributed by atoms with Crippen molar-refractivity contribution in [3.63, 3.8) is 0 Å². The predicted molar refractivity (Wildman–Crippen MR) is 476 cm³/mol. The quantitative estimate of drug-likeness (QED) is 0.0143. The number of ether oxygens (including phenoxy) is 6. The van der Waals surface area contributed by atoms with Crippen molar-refractivity contribution in [3.8, 4) is 0 Å². The number of aliphatic hydroxyl groups excluding tert-OH is 2. The topological polar surface area (TPSA) is 289 Å². The second kappa shape index (κ2) is 78.7. The van der Waals surface area contributed by atoms with Crippen LogP contribution in [0.1, 0.15) is 498 Å². The summed E-state index contributed by atoms with van der Waals surface area (Å²) in [6.45, 7) is 13.1. The second-order valence-corrected chi connectivity index (χ2v) is 36.3. The number of amides is 2. The summed E-state index contributed by atoms with van der Waals surface area (Å²) in [4.78, 5) is 107. The first-order valence-corrected chi connectivity index (χ1v) is 51.0. The second-order valence-electron chi connectivity index (χ2n) is 35.1. The molecule has 0 bridgehead atoms. The fourth-order valence-corrected chi connectivity index (χ4v) is 16.7. The van der Waals surface area contributed by atoms with Crippen molar-refractivity contribution in [3.05, 3.63) is 0 Å². The largest absolute Gasteiger partial charge is 0.470 e. The lowest BCUT2D eigenvalue weighted by atomic mass is 9.86. The Morgan fingerprint density at radius 3 is 0.932 bits per heavy atom. The minimum atomic E-state index is -5.53. The van der Waals surface area contributed by atoms with Crippen molar-refractivity contribution < 1.29 is 86.3 Å². The molecule has 1 aliphatic rings. The van der Waals surface area contributed by atoms with Crippen LogP contribution >= 0.6 is 7.82 Å². The molecule has 117 heavy (non-hydrogen) atoms. The average molecular weight is 1680 g/mol. The SMILES string of the molecule is CCCCCCCCCCCCCC(=O)O[C@H](CCCCCCCCCCC)CC(=O)NCC(CC)(CO)COC1OC(CO)[C@@H](OP(=O)(O)O)[C@H](OC(=O)C[C@@H](CCCCCCCCCCC)OC(=O)CCCCCCCCCCCCC)[C@@H]1NC(=O)C[C@@H](CCCCCCCCCCC)OC(=O)CCCCCCCCCCCCC. The van der Waals surface area contributed by atoms with E-state index in [1.165, 1.54) is 186 Å². The number of carbonyl (C=O) groups is 6. The molecule has 2 amide bonds. The summed E-state index contributed by atoms with van der Waals surface area (Å²) in [5, 5.41) is 28.5. The third-order valence-electron chi connectivity index (χ3n) is 23.9. The van der Waals surface area contributed by atoms with E-state index in [-0.39, 0.29) is 57.6 Å². The van der Waals surface area contributed by atoms with E-state index in [2.05, 4.69) is 52.2 Å². The van der Waals surface area contributed by atoms with Crippen LogP contribution in [0.5, 0.6) is 0 Å². The number of unbranched alkanes of at least 4 members (excludes halogenated alkanes) is 54. The molecule has 9 atom stereocenters. The van der Waals surface area contributed by atoms with E-state index in [0.29, 0.717) is 51.4 Å². The summed E-state index contributed by atoms with van der Waals surface area (Å²) in [5.41, 5.74) is -1.24. The number of nitrogens with one attached hydrogen (secondary N) is 2. The smallest absolute Gasteiger partial charge is 0.462 e. The number of phosphoric acid groups is 1. The van der Waals surface area contributed by atoms with Crippen LogP contribution in [0.3, 0.4) is 0 Å². The predicted octanol–water partition coefficient (Wildman–Crippen LogP) is 24.9. The lowest BCUT2D eigenvalue weighted by Crippen LogP contribution is -2.66. The fourth-order valence-electron chi connectivity index (χ4n) is 16.1. The first kappa shape index (κ1) is 112. The van der Waals surface area contributed by atoms with Crippen molar-refractivity contribution >= 4 is 43.5 Å². The van der Waals surface area contributed by atoms with E-state index in [1.807, 2.05) is 6.92 Å². The molecule has 0 radical (unpaired) electrons. The molecule has 0 aromatic carbocycles. The van der Waals surface area contributed by atoms with Crippen molar-refractivity contribution in [2.75, 3.05) is 26.4 Å². The monoisotopic (exact) mass is 1680 g/mol. The summed E-state index contributed by atoms with van der Waals surface area (Å²) in [5.74, 6) is -3.26. The van der Waals surface area contributed by atoms with Gasteiger partial charge in [0.15, 0.2) is 12.4 Å². The molecule has 1 fully saturated rings. The van der Waals surface area contributed by atoms with Gasteiger partial charge in [0.05, 0.1) is 39.1 Å². The van der Waals surface area contributed by atoms with Crippen LogP contribution in [0.2, 0.25) is 0 Å². The summed E-state index contributed by atoms with van der Waals surface area (Å²) >= 11 is 0. The van der Waals surface area contributed by atoms with Gasteiger partial charge in [-0.15, -0.1) is 0 Å². The zero-order valence-electron chi connectivity index (χ0n) is 76.4. The zero-order chi connectivity index (χ0) is 85.8. The zero-order valence-corrected chi connectivity index (χ0v) is 77.3. The Morgan fingerprint density at radius 1 is 0.368 bits per heavy atom. The summed E-state index contributed by atoms with van der Waals surface area (Å²) in [7, 11) is -5.53. The molecule has 0 aromatic heterocycles. The third-order valence-corrected chi connectivity index (χ3v) is 24.5. The minimum Gasteiger partial charge on any atom is -0.462 e. The normalized spacial score (nSPS) is 17.0. The van der Waals surface area contributed by atoms with Gasteiger partial charge in [0.25, 0.3) is 0 Å². The lowest BCUT2D eigenvalue weighted by Gasteiger charge is -2.46.